The molecule has 0 saturated carbocycles. The first-order chi connectivity index (χ1) is 43.3. The molecule has 0 radical (unpaired) electrons. The lowest BCUT2D eigenvalue weighted by atomic mass is 9.88. The molecule has 0 aromatic heterocycles. The zero-order valence-corrected chi connectivity index (χ0v) is 49.5. The van der Waals surface area contributed by atoms with E-state index in [1.807, 2.05) is 0 Å². The van der Waals surface area contributed by atoms with Crippen molar-refractivity contribution in [2.75, 3.05) is 39.6 Å². The lowest BCUT2D eigenvalue weighted by Gasteiger charge is -2.51. The predicted molar refractivity (Wildman–Crippen MR) is 282 cm³/mol. The van der Waals surface area contributed by atoms with E-state index in [0.29, 0.717) is 0 Å². The molecule has 24 N–H and O–H groups in total. The molecule has 7 rings (SSSR count). The molecule has 0 bridgehead atoms. The van der Waals surface area contributed by atoms with Gasteiger partial charge in [0.15, 0.2) is 37.7 Å². The number of carboxylic acid groups (broad SMARTS) is 1. The van der Waals surface area contributed by atoms with E-state index < -0.39 is 290 Å². The molecule has 7 aliphatic heterocycles. The van der Waals surface area contributed by atoms with Crippen molar-refractivity contribution in [2.24, 2.45) is 0 Å². The Balaban J connectivity index is 1.14. The first kappa shape index (κ1) is 75.9. The minimum absolute atomic E-state index is 0.843. The monoisotopic (exact) mass is 1350 g/mol. The van der Waals surface area contributed by atoms with E-state index in [4.69, 9.17) is 61.6 Å². The van der Waals surface area contributed by atoms with Crippen LogP contribution in [-0.2, 0) is 80.8 Å². The summed E-state index contributed by atoms with van der Waals surface area (Å²) >= 11 is 0. The van der Waals surface area contributed by atoms with E-state index in [1.54, 1.807) is 0 Å². The largest absolute Gasteiger partial charge is 0.477 e. The van der Waals surface area contributed by atoms with Gasteiger partial charge in [-0.1, -0.05) is 0 Å². The number of hydrogen-bond donors (Lipinski definition) is 24. The number of aliphatic hydroxyl groups is 20. The van der Waals surface area contributed by atoms with Gasteiger partial charge in [0.25, 0.3) is 5.79 Å². The van der Waals surface area contributed by atoms with Gasteiger partial charge in [-0.15, -0.1) is 0 Å². The molecule has 7 fully saturated rings. The molecule has 41 nitrogen and oxygen atoms in total. The second kappa shape index (κ2) is 32.3. The van der Waals surface area contributed by atoms with Crippen LogP contribution in [0.25, 0.3) is 0 Å². The lowest BCUT2D eigenvalue weighted by molar-refractivity contribution is -0.403. The quantitative estimate of drug-likeness (QED) is 0.0427. The molecule has 0 aliphatic carbocycles. The summed E-state index contributed by atoms with van der Waals surface area (Å²) in [4.78, 5) is 50.7. The molecule has 0 aromatic rings. The molecular weight excluding hydrogens is 1260 g/mol. The molecule has 36 atom stereocenters. The van der Waals surface area contributed by atoms with Crippen molar-refractivity contribution in [3.05, 3.63) is 0 Å². The highest BCUT2D eigenvalue weighted by Crippen LogP contribution is 2.40. The van der Waals surface area contributed by atoms with Crippen LogP contribution in [0.5, 0.6) is 0 Å². The maximum atomic E-state index is 13.1. The van der Waals surface area contributed by atoms with Crippen LogP contribution < -0.4 is 16.0 Å². The van der Waals surface area contributed by atoms with E-state index in [0.717, 1.165) is 20.8 Å². The molecule has 3 amide bonds. The van der Waals surface area contributed by atoms with Crippen molar-refractivity contribution in [2.45, 2.75) is 254 Å². The van der Waals surface area contributed by atoms with Crippen molar-refractivity contribution in [1.82, 2.24) is 16.0 Å². The van der Waals surface area contributed by atoms with Crippen LogP contribution >= 0.6 is 0 Å². The standard InChI is InChI=1S/C51H85N3O38/c1-12-26(65)33(72)35(74)46(81-12)90-43-42(89-47-36(75)34(73)28(67)18(7-56)83-47)30(69)20(9-58)85-49(43)87-38-21(10-59)86-45(24(32(38)71)53-14(3)61)80-11-22-31(70)39(25(44(77)82-22)54-15(4)62)88-48-37(76)41(29(68)19(8-57)84-48)92-51(50(78)79)5-16(63)23(52-13(2)60)40(91-51)27(66)17(64)6-55/h12,16-49,55-59,63-77H,5-11H2,1-4H3,(H,52,60)(H,53,61)(H,54,62)(H,78,79)/t12-,16-,17+,18+,19+,20+,21+,22+,23+,24+,25+,26+,27+,28-,29-,30-,31-,32+,33+,34-,35-,36+,37+,38+,39+,40+,41-,42-,43+,44?,45+,46-,47+,48-,49-,51-/m0/s1. The fraction of sp³-hybridized carbons (Fsp3) is 0.922. The summed E-state index contributed by atoms with van der Waals surface area (Å²) in [6.07, 6.45) is -66.2. The number of aliphatic hydroxyl groups excluding tert-OH is 20. The third-order valence-electron chi connectivity index (χ3n) is 16.7. The molecule has 92 heavy (non-hydrogen) atoms. The summed E-state index contributed by atoms with van der Waals surface area (Å²) in [7, 11) is 0. The molecule has 0 aromatic carbocycles. The van der Waals surface area contributed by atoms with Crippen molar-refractivity contribution in [1.29, 1.82) is 0 Å². The average Bonchev–Trinajstić information content (AvgIpc) is 0.764. The van der Waals surface area contributed by atoms with Gasteiger partial charge in [0.05, 0.1) is 57.9 Å². The van der Waals surface area contributed by atoms with Gasteiger partial charge in [0.1, 0.15) is 159 Å². The van der Waals surface area contributed by atoms with E-state index in [2.05, 4.69) is 16.0 Å². The molecule has 532 valence electrons. The third kappa shape index (κ3) is 16.4. The van der Waals surface area contributed by atoms with Gasteiger partial charge in [-0.2, -0.15) is 0 Å². The van der Waals surface area contributed by atoms with Crippen LogP contribution in [0.1, 0.15) is 34.1 Å². The normalized spacial score (nSPS) is 47.6. The van der Waals surface area contributed by atoms with Crippen LogP contribution in [0.15, 0.2) is 0 Å². The van der Waals surface area contributed by atoms with Gasteiger partial charge in [0, 0.05) is 27.2 Å². The Hall–Kier alpha value is -3.44. The lowest BCUT2D eigenvalue weighted by Crippen LogP contribution is -2.71. The Morgan fingerprint density at radius 3 is 1.48 bits per heavy atom. The highest BCUT2D eigenvalue weighted by Gasteiger charge is 2.62. The molecular formula is C51H85N3O38. The van der Waals surface area contributed by atoms with Gasteiger partial charge in [-0.25, -0.2) is 4.79 Å². The SMILES string of the molecule is CC(=O)N[C@H]1[C@H](OC[C@H]2OC(O)[C@H](NC(C)=O)[C@@H](O[C@@H]3O[C@H](CO)[C@H](O)[C@H](O[C@]4(C(=O)O)C[C@H](O)[C@@H](NC(C)=O)[C@H]([C@H](O)[C@H](O)CO)O4)[C@H]3O)[C@H]2O)O[C@H](CO)[C@@H](O[C@@H]2O[C@H](CO)[C@H](O)[C@H](O[C@H]3O[C@H](CO)[C@H](O)[C@H](O)[C@H]3O)[C@H]2O[C@@H]2O[C@@H](C)[C@@H](O)[C@@H](O)[C@@H]2O)[C@@H]1O. The number of amides is 3. The average molecular weight is 1350 g/mol. The fourth-order valence-electron chi connectivity index (χ4n) is 11.7. The molecule has 41 heteroatoms. The van der Waals surface area contributed by atoms with Crippen molar-refractivity contribution in [3.8, 4) is 0 Å². The van der Waals surface area contributed by atoms with Crippen molar-refractivity contribution < 1.29 is 188 Å². The Morgan fingerprint density at radius 1 is 0.467 bits per heavy atom. The summed E-state index contributed by atoms with van der Waals surface area (Å²) in [6.45, 7) is -2.30. The smallest absolute Gasteiger partial charge is 0.364 e. The van der Waals surface area contributed by atoms with Gasteiger partial charge >= 0.3 is 5.97 Å². The first-order valence-corrected chi connectivity index (χ1v) is 29.1. The van der Waals surface area contributed by atoms with Gasteiger partial charge in [-0.3, -0.25) is 14.4 Å². The number of rotatable bonds is 24. The number of carboxylic acids is 1. The Kier molecular flexibility index (Phi) is 26.6. The van der Waals surface area contributed by atoms with Crippen LogP contribution in [0.2, 0.25) is 0 Å². The van der Waals surface area contributed by atoms with Crippen molar-refractivity contribution in [3.63, 3.8) is 0 Å². The van der Waals surface area contributed by atoms with Crippen LogP contribution in [0, 0.1) is 0 Å². The molecule has 1 unspecified atom stereocenters. The zero-order valence-electron chi connectivity index (χ0n) is 49.5. The van der Waals surface area contributed by atoms with Crippen LogP contribution in [-0.4, -0.2) is 391 Å². The molecule has 7 saturated heterocycles. The van der Waals surface area contributed by atoms with E-state index in [-0.39, 0.29) is 0 Å². The second-order valence-corrected chi connectivity index (χ2v) is 23.2. The number of aliphatic carboxylic acids is 1. The van der Waals surface area contributed by atoms with Crippen molar-refractivity contribution >= 4 is 23.7 Å². The van der Waals surface area contributed by atoms with Crippen LogP contribution in [0.4, 0.5) is 0 Å². The molecule has 7 heterocycles. The minimum Gasteiger partial charge on any atom is -0.477 e. The highest BCUT2D eigenvalue weighted by atomic mass is 16.8. The van der Waals surface area contributed by atoms with Crippen LogP contribution in [0.3, 0.4) is 0 Å². The summed E-state index contributed by atoms with van der Waals surface area (Å²) in [6, 6.07) is -5.38. The maximum Gasteiger partial charge on any atom is 0.364 e. The first-order valence-electron chi connectivity index (χ1n) is 29.1. The van der Waals surface area contributed by atoms with Gasteiger partial charge < -0.3 is 185 Å². The van der Waals surface area contributed by atoms with E-state index in [1.165, 1.54) is 6.92 Å². The second-order valence-electron chi connectivity index (χ2n) is 23.2. The molecule has 0 spiro atoms. The summed E-state index contributed by atoms with van der Waals surface area (Å²) < 4.78 is 75.6. The van der Waals surface area contributed by atoms with Gasteiger partial charge in [0.2, 0.25) is 17.7 Å². The number of nitrogens with one attached hydrogen (secondary N) is 3. The number of hydrogen-bond acceptors (Lipinski definition) is 37. The minimum atomic E-state index is -3.24. The number of carbonyl (C=O) groups is 4. The summed E-state index contributed by atoms with van der Waals surface area (Å²) in [5.74, 6) is -7.99. The highest BCUT2D eigenvalue weighted by molar-refractivity contribution is 5.77. The van der Waals surface area contributed by atoms with E-state index >= 15 is 0 Å². The summed E-state index contributed by atoms with van der Waals surface area (Å²) in [5, 5.41) is 236. The van der Waals surface area contributed by atoms with E-state index in [9.17, 15) is 126 Å². The third-order valence-corrected chi connectivity index (χ3v) is 16.7. The topological polar surface area (TPSA) is 649 Å². The Labute approximate surface area is 520 Å². The van der Waals surface area contributed by atoms with Gasteiger partial charge in [-0.05, 0) is 6.92 Å². The zero-order chi connectivity index (χ0) is 68.3. The summed E-state index contributed by atoms with van der Waals surface area (Å²) in [5.41, 5.74) is 0. The predicted octanol–water partition coefficient (Wildman–Crippen LogP) is -15.6. The Bertz CT molecular complexity index is 2400. The number of ether oxygens (including phenoxy) is 13. The number of carbonyl (C=O) groups excluding carboxylic acids is 3. The fourth-order valence-corrected chi connectivity index (χ4v) is 11.7. The molecule has 7 aliphatic rings. The maximum absolute atomic E-state index is 13.1. The Morgan fingerprint density at radius 2 is 0.924 bits per heavy atom.